The van der Waals surface area contributed by atoms with E-state index in [-0.39, 0.29) is 32.7 Å². The van der Waals surface area contributed by atoms with Crippen LogP contribution < -0.4 is 0 Å². The Balaban J connectivity index is 1.45. The zero-order valence-electron chi connectivity index (χ0n) is 41.6. The molecule has 0 N–H and O–H groups in total. The summed E-state index contributed by atoms with van der Waals surface area (Å²) in [5.74, 6) is 0. The molecule has 0 aliphatic carbocycles. The summed E-state index contributed by atoms with van der Waals surface area (Å²) in [6.07, 6.45) is 0. The van der Waals surface area contributed by atoms with Crippen molar-refractivity contribution in [3.05, 3.63) is 182 Å². The van der Waals surface area contributed by atoms with E-state index < -0.39 is 107 Å². The molecule has 11 aromatic rings. The van der Waals surface area contributed by atoms with Crippen molar-refractivity contribution in [1.82, 2.24) is 0 Å². The van der Waals surface area contributed by atoms with Gasteiger partial charge in [0, 0.05) is 10.8 Å². The fourth-order valence-corrected chi connectivity index (χ4v) is 7.63. The maximum absolute atomic E-state index is 9.71. The maximum atomic E-state index is 9.71. The van der Waals surface area contributed by atoms with Crippen LogP contribution in [0.15, 0.2) is 186 Å². The lowest BCUT2D eigenvalue weighted by Gasteiger charge is -2.21. The molecular weight excluding hydrogens is 617 g/mol. The molecule has 0 fully saturated rings. The Bertz CT molecular complexity index is 3970. The monoisotopic (exact) mass is 661 g/mol. The molecule has 1 nitrogen and oxygen atoms in total. The highest BCUT2D eigenvalue weighted by Gasteiger charge is 2.23. The first-order valence-corrected chi connectivity index (χ1v) is 16.4. The molecule has 236 valence electrons. The first-order valence-electron chi connectivity index (χ1n) is 23.9. The zero-order valence-corrected chi connectivity index (χ0v) is 26.6. The topological polar surface area (TPSA) is 13.1 Å². The molecule has 1 aromatic heterocycles. The molecule has 0 aliphatic heterocycles. The Hall–Kier alpha value is -6.70. The zero-order chi connectivity index (χ0) is 46.5. The standard InChI is InChI=1S/C50H30O/c1-2-16-34-30-44(43(29-33(34)15-1)42-25-12-26-45-50(42)49-36-19-6-4-14-32(36)27-28-46(49)51-45)48-40-22-9-7-20-38(40)47(39-21-8-10-23-41(39)48)37-24-11-17-31-13-3-5-18-35(31)37/h1-30H/i3D,5D,7D,8D,9D,10D,11D,13D,17D,18D,20D,21D,22D,23D,24D. The molecule has 0 spiro atoms. The molecule has 0 unspecified atom stereocenters. The fourth-order valence-electron chi connectivity index (χ4n) is 7.63. The SMILES string of the molecule is [2H]c1c([2H])c([2H])c2c(-c3c4c([2H])c([2H])c([2H])c([2H])c4c(-c4cc5ccccc5cc4-c4cccc5oc6ccc7ccccc7c6c45)c4c([2H])c([2H])c([2H])c([2H])c34)c([2H])c([2H])c([2H])c2c1[2H]. The van der Waals surface area contributed by atoms with Gasteiger partial charge in [-0.15, -0.1) is 0 Å². The summed E-state index contributed by atoms with van der Waals surface area (Å²) in [6, 6.07) is 18.2. The Morgan fingerprint density at radius 1 is 0.333 bits per heavy atom. The van der Waals surface area contributed by atoms with Crippen molar-refractivity contribution in [3.8, 4) is 33.4 Å². The third-order valence-corrected chi connectivity index (χ3v) is 9.77. The first-order chi connectivity index (χ1) is 31.5. The number of furan rings is 1. The maximum Gasteiger partial charge on any atom is 0.136 e. The predicted octanol–water partition coefficient (Wildman–Crippen LogP) is 14.4. The number of fused-ring (bicyclic) bond motifs is 9. The smallest absolute Gasteiger partial charge is 0.136 e. The van der Waals surface area contributed by atoms with Crippen molar-refractivity contribution in [1.29, 1.82) is 0 Å². The third-order valence-electron chi connectivity index (χ3n) is 9.77. The molecule has 10 aromatic carbocycles. The van der Waals surface area contributed by atoms with Crippen molar-refractivity contribution < 1.29 is 25.0 Å². The van der Waals surface area contributed by atoms with Gasteiger partial charge < -0.3 is 4.42 Å². The van der Waals surface area contributed by atoms with Crippen LogP contribution in [-0.4, -0.2) is 0 Å². The third kappa shape index (κ3) is 4.16. The number of hydrogen-bond donors (Lipinski definition) is 0. The van der Waals surface area contributed by atoms with Crippen molar-refractivity contribution in [2.45, 2.75) is 0 Å². The van der Waals surface area contributed by atoms with E-state index in [4.69, 9.17) is 18.1 Å². The summed E-state index contributed by atoms with van der Waals surface area (Å²) in [7, 11) is 0. The summed E-state index contributed by atoms with van der Waals surface area (Å²) in [6.45, 7) is 0. The molecule has 0 atom stereocenters. The van der Waals surface area contributed by atoms with Gasteiger partial charge in [0.1, 0.15) is 11.2 Å². The van der Waals surface area contributed by atoms with Crippen molar-refractivity contribution in [2.24, 2.45) is 0 Å². The normalized spacial score (nSPS) is 16.0. The highest BCUT2D eigenvalue weighted by molar-refractivity contribution is 6.27. The van der Waals surface area contributed by atoms with Crippen LogP contribution in [0.4, 0.5) is 0 Å². The van der Waals surface area contributed by atoms with Gasteiger partial charge in [-0.2, -0.15) is 0 Å². The Labute approximate surface area is 315 Å². The molecule has 1 heteroatoms. The van der Waals surface area contributed by atoms with Crippen LogP contribution in [0.3, 0.4) is 0 Å². The minimum absolute atomic E-state index is 0.0131. The van der Waals surface area contributed by atoms with Crippen LogP contribution >= 0.6 is 0 Å². The Kier molecular flexibility index (Phi) is 3.70. The van der Waals surface area contributed by atoms with Crippen LogP contribution in [0.2, 0.25) is 0 Å². The predicted molar refractivity (Wildman–Crippen MR) is 218 cm³/mol. The summed E-state index contributed by atoms with van der Waals surface area (Å²) in [5, 5.41) is 3.02. The van der Waals surface area contributed by atoms with Crippen LogP contribution in [-0.2, 0) is 0 Å². The molecule has 0 radical (unpaired) electrons. The first kappa shape index (κ1) is 17.3. The van der Waals surface area contributed by atoms with Crippen molar-refractivity contribution in [2.75, 3.05) is 0 Å². The Morgan fingerprint density at radius 2 is 0.902 bits per heavy atom. The van der Waals surface area contributed by atoms with Crippen LogP contribution in [0.25, 0.3) is 109 Å². The van der Waals surface area contributed by atoms with Gasteiger partial charge in [0.15, 0.2) is 0 Å². The largest absolute Gasteiger partial charge is 0.456 e. The lowest BCUT2D eigenvalue weighted by atomic mass is 9.82. The van der Waals surface area contributed by atoms with Crippen LogP contribution in [0, 0.1) is 0 Å². The van der Waals surface area contributed by atoms with Crippen molar-refractivity contribution in [3.63, 3.8) is 0 Å². The van der Waals surface area contributed by atoms with Gasteiger partial charge in [-0.25, -0.2) is 0 Å². The summed E-state index contributed by atoms with van der Waals surface area (Å²) in [5.41, 5.74) is 1.87. The van der Waals surface area contributed by atoms with Crippen LogP contribution in [0.1, 0.15) is 20.6 Å². The van der Waals surface area contributed by atoms with Crippen LogP contribution in [0.5, 0.6) is 0 Å². The minimum atomic E-state index is -0.764. The molecule has 0 amide bonds. The van der Waals surface area contributed by atoms with Gasteiger partial charge in [0.2, 0.25) is 0 Å². The van der Waals surface area contributed by atoms with Gasteiger partial charge in [0.05, 0.1) is 20.6 Å². The van der Waals surface area contributed by atoms with E-state index in [1.165, 1.54) is 0 Å². The van der Waals surface area contributed by atoms with E-state index in [1.54, 1.807) is 0 Å². The van der Waals surface area contributed by atoms with Gasteiger partial charge in [-0.05, 0) is 112 Å². The number of hydrogen-bond acceptors (Lipinski definition) is 1. The fraction of sp³-hybridized carbons (Fsp3) is 0. The highest BCUT2D eigenvalue weighted by Crippen LogP contribution is 2.50. The molecule has 1 heterocycles. The highest BCUT2D eigenvalue weighted by atomic mass is 16.3. The average Bonchev–Trinajstić information content (AvgIpc) is 3.72. The quantitative estimate of drug-likeness (QED) is 0.172. The number of rotatable bonds is 3. The van der Waals surface area contributed by atoms with Gasteiger partial charge >= 0.3 is 0 Å². The minimum Gasteiger partial charge on any atom is -0.456 e. The van der Waals surface area contributed by atoms with Gasteiger partial charge in [0.25, 0.3) is 0 Å². The second-order valence-corrected chi connectivity index (χ2v) is 12.4. The summed E-state index contributed by atoms with van der Waals surface area (Å²) >= 11 is 0. The molecule has 0 saturated carbocycles. The molecule has 0 saturated heterocycles. The molecule has 51 heavy (non-hydrogen) atoms. The lowest BCUT2D eigenvalue weighted by Crippen LogP contribution is -1.94. The second kappa shape index (κ2) is 10.9. The van der Waals surface area contributed by atoms with E-state index in [0.29, 0.717) is 33.2 Å². The van der Waals surface area contributed by atoms with Crippen molar-refractivity contribution >= 4 is 75.8 Å². The molecule has 0 aliphatic rings. The summed E-state index contributed by atoms with van der Waals surface area (Å²) < 4.78 is 144. The lowest BCUT2D eigenvalue weighted by molar-refractivity contribution is 0.669. The second-order valence-electron chi connectivity index (χ2n) is 12.4. The van der Waals surface area contributed by atoms with E-state index in [1.807, 2.05) is 91.0 Å². The molecule has 0 bridgehead atoms. The summed E-state index contributed by atoms with van der Waals surface area (Å²) in [4.78, 5) is 0. The van der Waals surface area contributed by atoms with E-state index >= 15 is 0 Å². The van der Waals surface area contributed by atoms with E-state index in [0.717, 1.165) is 26.9 Å². The van der Waals surface area contributed by atoms with Gasteiger partial charge in [-0.1, -0.05) is 157 Å². The van der Waals surface area contributed by atoms with Gasteiger partial charge in [-0.3, -0.25) is 0 Å². The Morgan fingerprint density at radius 3 is 1.63 bits per heavy atom. The molecular formula is C50H30O. The average molecular weight is 662 g/mol. The van der Waals surface area contributed by atoms with E-state index in [9.17, 15) is 6.85 Å². The number of benzene rings is 10. The van der Waals surface area contributed by atoms with E-state index in [2.05, 4.69) is 0 Å². The molecule has 11 rings (SSSR count).